The van der Waals surface area contributed by atoms with Gasteiger partial charge in [0.1, 0.15) is 5.75 Å². The lowest BCUT2D eigenvalue weighted by Gasteiger charge is -2.26. The minimum atomic E-state index is -0.737. The molecule has 184 valence electrons. The Hall–Kier alpha value is -3.78. The minimum Gasteiger partial charge on any atom is -0.493 e. The third-order valence-electron chi connectivity index (χ3n) is 5.69. The molecule has 1 atom stereocenters. The molecule has 0 aromatic heterocycles. The van der Waals surface area contributed by atoms with Gasteiger partial charge in [-0.3, -0.25) is 15.6 Å². The molecule has 0 aliphatic rings. The summed E-state index contributed by atoms with van der Waals surface area (Å²) in [7, 11) is 3.12. The van der Waals surface area contributed by atoms with Crippen LogP contribution in [0.4, 0.5) is 5.69 Å². The Labute approximate surface area is 211 Å². The predicted octanol–water partition coefficient (Wildman–Crippen LogP) is 4.81. The van der Waals surface area contributed by atoms with E-state index in [0.717, 1.165) is 5.56 Å². The third-order valence-corrected chi connectivity index (χ3v) is 5.90. The summed E-state index contributed by atoms with van der Waals surface area (Å²) >= 11 is 5.25. The van der Waals surface area contributed by atoms with Crippen LogP contribution in [0.2, 0.25) is 0 Å². The highest BCUT2D eigenvalue weighted by molar-refractivity contribution is 7.80. The molecule has 0 aliphatic carbocycles. The maximum absolute atomic E-state index is 12.5. The molecule has 0 spiro atoms. The lowest BCUT2D eigenvalue weighted by atomic mass is 9.78. The zero-order valence-electron chi connectivity index (χ0n) is 20.5. The van der Waals surface area contributed by atoms with E-state index in [9.17, 15) is 4.79 Å². The van der Waals surface area contributed by atoms with Gasteiger partial charge in [-0.05, 0) is 54.5 Å². The highest BCUT2D eigenvalue weighted by atomic mass is 32.1. The molecule has 0 saturated heterocycles. The van der Waals surface area contributed by atoms with E-state index in [4.69, 9.17) is 26.4 Å². The summed E-state index contributed by atoms with van der Waals surface area (Å²) in [4.78, 5) is 12.5. The number of hydrogen-bond donors (Lipinski definition) is 3. The van der Waals surface area contributed by atoms with Crippen molar-refractivity contribution in [1.29, 1.82) is 0 Å². The molecule has 3 aromatic rings. The van der Waals surface area contributed by atoms with Gasteiger partial charge in [0.25, 0.3) is 5.91 Å². The number of thiocarbonyl (C=S) groups is 1. The maximum atomic E-state index is 12.5. The van der Waals surface area contributed by atoms with E-state index in [2.05, 4.69) is 42.1 Å². The summed E-state index contributed by atoms with van der Waals surface area (Å²) < 4.78 is 16.3. The number of ether oxygens (including phenoxy) is 3. The van der Waals surface area contributed by atoms with Crippen LogP contribution >= 0.6 is 12.2 Å². The van der Waals surface area contributed by atoms with Crippen LogP contribution < -0.4 is 30.4 Å². The highest BCUT2D eigenvalue weighted by Gasteiger charge is 2.23. The lowest BCUT2D eigenvalue weighted by molar-refractivity contribution is -0.127. The van der Waals surface area contributed by atoms with E-state index in [1.165, 1.54) is 5.56 Å². The van der Waals surface area contributed by atoms with Crippen molar-refractivity contribution in [3.05, 3.63) is 83.9 Å². The van der Waals surface area contributed by atoms with Gasteiger partial charge in [0, 0.05) is 17.2 Å². The van der Waals surface area contributed by atoms with E-state index in [-0.39, 0.29) is 16.4 Å². The Morgan fingerprint density at radius 3 is 2.11 bits per heavy atom. The van der Waals surface area contributed by atoms with E-state index in [1.807, 2.05) is 42.5 Å². The summed E-state index contributed by atoms with van der Waals surface area (Å²) in [6.07, 6.45) is -0.737. The fourth-order valence-electron chi connectivity index (χ4n) is 3.53. The van der Waals surface area contributed by atoms with Gasteiger partial charge in [-0.1, -0.05) is 56.3 Å². The van der Waals surface area contributed by atoms with Crippen LogP contribution in [0.15, 0.2) is 72.8 Å². The molecular weight excluding hydrogens is 462 g/mol. The zero-order chi connectivity index (χ0) is 25.4. The average Bonchev–Trinajstić information content (AvgIpc) is 2.88. The Kier molecular flexibility index (Phi) is 8.54. The van der Waals surface area contributed by atoms with Crippen LogP contribution in [-0.2, 0) is 10.2 Å². The molecule has 7 nitrogen and oxygen atoms in total. The van der Waals surface area contributed by atoms with Crippen molar-refractivity contribution in [1.82, 2.24) is 10.9 Å². The second kappa shape index (κ2) is 11.6. The van der Waals surface area contributed by atoms with Gasteiger partial charge in [-0.15, -0.1) is 0 Å². The molecule has 35 heavy (non-hydrogen) atoms. The lowest BCUT2D eigenvalue weighted by Crippen LogP contribution is -2.48. The van der Waals surface area contributed by atoms with Crippen LogP contribution in [0, 0.1) is 0 Å². The Bertz CT molecular complexity index is 1150. The van der Waals surface area contributed by atoms with Gasteiger partial charge in [-0.2, -0.15) is 0 Å². The van der Waals surface area contributed by atoms with E-state index in [1.54, 1.807) is 39.3 Å². The number of hydrazine groups is 1. The summed E-state index contributed by atoms with van der Waals surface area (Å²) in [5.74, 6) is 1.40. The highest BCUT2D eigenvalue weighted by Crippen LogP contribution is 2.32. The number of benzene rings is 3. The molecule has 3 rings (SSSR count). The smallest absolute Gasteiger partial charge is 0.279 e. The zero-order valence-corrected chi connectivity index (χ0v) is 21.4. The maximum Gasteiger partial charge on any atom is 0.279 e. The SMILES string of the molecule is COc1ccc(NC(=S)NNC(=O)[C@H](C)Oc2ccc(C(C)(C)c3ccccc3)cc2)cc1OC. The summed E-state index contributed by atoms with van der Waals surface area (Å²) in [6, 6.07) is 23.4. The number of anilines is 1. The molecule has 0 saturated carbocycles. The molecule has 0 heterocycles. The number of carbonyl (C=O) groups excluding carboxylic acids is 1. The summed E-state index contributed by atoms with van der Waals surface area (Å²) in [5.41, 5.74) is 8.15. The molecule has 0 radical (unpaired) electrons. The van der Waals surface area contributed by atoms with E-state index >= 15 is 0 Å². The fraction of sp³-hybridized carbons (Fsp3) is 0.259. The molecule has 0 bridgehead atoms. The van der Waals surface area contributed by atoms with Crippen LogP contribution in [-0.4, -0.2) is 31.3 Å². The van der Waals surface area contributed by atoms with Gasteiger partial charge in [0.05, 0.1) is 14.2 Å². The second-order valence-electron chi connectivity index (χ2n) is 8.41. The average molecular weight is 494 g/mol. The second-order valence-corrected chi connectivity index (χ2v) is 8.82. The Morgan fingerprint density at radius 2 is 1.49 bits per heavy atom. The first-order chi connectivity index (χ1) is 16.7. The normalized spacial score (nSPS) is 11.7. The first kappa shape index (κ1) is 25.8. The number of methoxy groups -OCH3 is 2. The largest absolute Gasteiger partial charge is 0.493 e. The Morgan fingerprint density at radius 1 is 0.857 bits per heavy atom. The van der Waals surface area contributed by atoms with Crippen molar-refractivity contribution in [2.24, 2.45) is 0 Å². The minimum absolute atomic E-state index is 0.150. The van der Waals surface area contributed by atoms with Crippen molar-refractivity contribution >= 4 is 28.9 Å². The van der Waals surface area contributed by atoms with Crippen LogP contribution in [0.1, 0.15) is 31.9 Å². The van der Waals surface area contributed by atoms with Gasteiger partial charge in [0.15, 0.2) is 22.7 Å². The van der Waals surface area contributed by atoms with Crippen molar-refractivity contribution in [3.63, 3.8) is 0 Å². The molecule has 0 aliphatic heterocycles. The quantitative estimate of drug-likeness (QED) is 0.307. The molecule has 0 unspecified atom stereocenters. The standard InChI is InChI=1S/C27H31N3O4S/c1-18(25(31)29-30-26(35)28-21-13-16-23(32-4)24(17-21)33-5)34-22-14-11-20(12-15-22)27(2,3)19-9-7-6-8-10-19/h6-18H,1-5H3,(H,29,31)(H2,28,30,35)/t18-/m0/s1. The van der Waals surface area contributed by atoms with Gasteiger partial charge in [-0.25, -0.2) is 0 Å². The van der Waals surface area contributed by atoms with Crippen molar-refractivity contribution in [2.75, 3.05) is 19.5 Å². The van der Waals surface area contributed by atoms with Crippen molar-refractivity contribution in [2.45, 2.75) is 32.3 Å². The van der Waals surface area contributed by atoms with E-state index < -0.39 is 6.10 Å². The van der Waals surface area contributed by atoms with Crippen molar-refractivity contribution in [3.8, 4) is 17.2 Å². The van der Waals surface area contributed by atoms with E-state index in [0.29, 0.717) is 22.9 Å². The molecular formula is C27H31N3O4S. The first-order valence-corrected chi connectivity index (χ1v) is 11.6. The molecule has 3 N–H and O–H groups in total. The molecule has 0 fully saturated rings. The number of hydrogen-bond acceptors (Lipinski definition) is 5. The topological polar surface area (TPSA) is 80.9 Å². The molecule has 8 heteroatoms. The van der Waals surface area contributed by atoms with Gasteiger partial charge < -0.3 is 19.5 Å². The van der Waals surface area contributed by atoms with Crippen LogP contribution in [0.25, 0.3) is 0 Å². The predicted molar refractivity (Wildman–Crippen MR) is 142 cm³/mol. The first-order valence-electron chi connectivity index (χ1n) is 11.2. The summed E-state index contributed by atoms with van der Waals surface area (Å²) in [5, 5.41) is 3.19. The molecule has 1 amide bonds. The van der Waals surface area contributed by atoms with Gasteiger partial charge in [0.2, 0.25) is 0 Å². The van der Waals surface area contributed by atoms with Crippen LogP contribution in [0.5, 0.6) is 17.2 Å². The number of rotatable bonds is 8. The van der Waals surface area contributed by atoms with Crippen LogP contribution in [0.3, 0.4) is 0 Å². The summed E-state index contributed by atoms with van der Waals surface area (Å²) in [6.45, 7) is 6.03. The van der Waals surface area contributed by atoms with Crippen molar-refractivity contribution < 1.29 is 19.0 Å². The third kappa shape index (κ3) is 6.64. The number of carbonyl (C=O) groups is 1. The number of nitrogens with one attached hydrogen (secondary N) is 3. The number of amides is 1. The van der Waals surface area contributed by atoms with Gasteiger partial charge >= 0.3 is 0 Å². The molecule has 3 aromatic carbocycles. The Balaban J connectivity index is 1.52. The monoisotopic (exact) mass is 493 g/mol. The fourth-order valence-corrected chi connectivity index (χ4v) is 3.69.